The third-order valence-electron chi connectivity index (χ3n) is 4.42. The van der Waals surface area contributed by atoms with Crippen molar-refractivity contribution < 1.29 is 14.6 Å². The van der Waals surface area contributed by atoms with Crippen LogP contribution in [0.4, 0.5) is 34.4 Å². The number of rotatable bonds is 8. The highest BCUT2D eigenvalue weighted by Crippen LogP contribution is 2.34. The van der Waals surface area contributed by atoms with Gasteiger partial charge in [-0.1, -0.05) is 24.3 Å². The van der Waals surface area contributed by atoms with Crippen molar-refractivity contribution >= 4 is 34.4 Å². The number of nitrogens with one attached hydrogen (secondary N) is 2. The second-order valence-electron chi connectivity index (χ2n) is 6.67. The van der Waals surface area contributed by atoms with Gasteiger partial charge in [0.2, 0.25) is 11.6 Å². The van der Waals surface area contributed by atoms with E-state index in [2.05, 4.69) is 20.6 Å². The molecule has 0 aliphatic rings. The smallest absolute Gasteiger partial charge is 0.353 e. The molecule has 1 heterocycles. The van der Waals surface area contributed by atoms with E-state index in [0.717, 1.165) is 6.33 Å². The fourth-order valence-corrected chi connectivity index (χ4v) is 2.94. The largest absolute Gasteiger partial charge is 0.457 e. The molecule has 4 aromatic rings. The van der Waals surface area contributed by atoms with Crippen molar-refractivity contribution in [2.75, 3.05) is 10.6 Å². The highest BCUT2D eigenvalue weighted by Gasteiger charge is 2.23. The van der Waals surface area contributed by atoms with E-state index in [1.807, 2.05) is 30.3 Å². The quantitative estimate of drug-likeness (QED) is 0.263. The summed E-state index contributed by atoms with van der Waals surface area (Å²) < 4.78 is 5.74. The number of non-ortho nitro benzene ring substituents is 1. The SMILES string of the molecule is O=[N+]([O-])c1cccc(Nc2ncnc(Nc3ccc(Oc4ccccc4)cc3)c2[N+](=O)[O-])c1. The molecule has 2 N–H and O–H groups in total. The number of ether oxygens (including phenoxy) is 1. The number of hydrogen-bond donors (Lipinski definition) is 2. The first-order valence-corrected chi connectivity index (χ1v) is 9.60. The molecule has 11 heteroatoms. The number of aromatic nitrogens is 2. The van der Waals surface area contributed by atoms with Crippen molar-refractivity contribution in [1.82, 2.24) is 9.97 Å². The normalized spacial score (nSPS) is 10.3. The average molecular weight is 444 g/mol. The van der Waals surface area contributed by atoms with Crippen LogP contribution in [0.3, 0.4) is 0 Å². The molecule has 0 atom stereocenters. The maximum Gasteiger partial charge on any atom is 0.353 e. The minimum absolute atomic E-state index is 0.0420. The summed E-state index contributed by atoms with van der Waals surface area (Å²) >= 11 is 0. The lowest BCUT2D eigenvalue weighted by Gasteiger charge is -2.11. The van der Waals surface area contributed by atoms with Gasteiger partial charge in [0.1, 0.15) is 17.8 Å². The predicted molar refractivity (Wildman–Crippen MR) is 121 cm³/mol. The third-order valence-corrected chi connectivity index (χ3v) is 4.42. The topological polar surface area (TPSA) is 145 Å². The highest BCUT2D eigenvalue weighted by molar-refractivity contribution is 5.77. The number of nitro groups is 2. The zero-order valence-corrected chi connectivity index (χ0v) is 16.9. The van der Waals surface area contributed by atoms with E-state index in [-0.39, 0.29) is 23.0 Å². The maximum atomic E-state index is 11.8. The van der Waals surface area contributed by atoms with E-state index in [1.165, 1.54) is 24.3 Å². The molecular weight excluding hydrogens is 428 g/mol. The number of benzene rings is 3. The Kier molecular flexibility index (Phi) is 6.03. The van der Waals surface area contributed by atoms with Crippen LogP contribution in [0.25, 0.3) is 0 Å². The van der Waals surface area contributed by atoms with Gasteiger partial charge in [-0.25, -0.2) is 9.97 Å². The Bertz CT molecular complexity index is 1300. The van der Waals surface area contributed by atoms with E-state index in [0.29, 0.717) is 17.2 Å². The molecule has 3 aromatic carbocycles. The van der Waals surface area contributed by atoms with Gasteiger partial charge in [-0.3, -0.25) is 20.2 Å². The van der Waals surface area contributed by atoms with Crippen molar-refractivity contribution in [1.29, 1.82) is 0 Å². The van der Waals surface area contributed by atoms with E-state index in [9.17, 15) is 20.2 Å². The maximum absolute atomic E-state index is 11.8. The van der Waals surface area contributed by atoms with Gasteiger partial charge in [0.15, 0.2) is 0 Å². The standard InChI is InChI=1S/C22H16N6O5/c29-27(30)17-6-4-5-16(13-17)26-22-20(28(31)32)21(23-14-24-22)25-15-9-11-19(12-10-15)33-18-7-2-1-3-8-18/h1-14H,(H2,23,24,25,26). The van der Waals surface area contributed by atoms with E-state index >= 15 is 0 Å². The number of hydrogen-bond acceptors (Lipinski definition) is 9. The highest BCUT2D eigenvalue weighted by atomic mass is 16.6. The minimum atomic E-state index is -0.630. The molecule has 0 fully saturated rings. The summed E-state index contributed by atoms with van der Waals surface area (Å²) in [5, 5.41) is 28.4. The Morgan fingerprint density at radius 3 is 1.97 bits per heavy atom. The molecule has 4 rings (SSSR count). The molecule has 0 radical (unpaired) electrons. The van der Waals surface area contributed by atoms with E-state index in [4.69, 9.17) is 4.74 Å². The van der Waals surface area contributed by atoms with Gasteiger partial charge >= 0.3 is 5.69 Å². The molecule has 0 spiro atoms. The zero-order chi connectivity index (χ0) is 23.2. The number of anilines is 4. The van der Waals surface area contributed by atoms with Crippen LogP contribution in [-0.2, 0) is 0 Å². The predicted octanol–water partition coefficient (Wildman–Crippen LogP) is 5.57. The summed E-state index contributed by atoms with van der Waals surface area (Å²) in [7, 11) is 0. The van der Waals surface area contributed by atoms with Crippen LogP contribution >= 0.6 is 0 Å². The van der Waals surface area contributed by atoms with Gasteiger partial charge in [-0.05, 0) is 42.5 Å². The fraction of sp³-hybridized carbons (Fsp3) is 0. The lowest BCUT2D eigenvalue weighted by atomic mass is 10.2. The van der Waals surface area contributed by atoms with Gasteiger partial charge in [0, 0.05) is 23.5 Å². The first kappa shape index (κ1) is 21.2. The van der Waals surface area contributed by atoms with Gasteiger partial charge in [0.05, 0.1) is 9.85 Å². The molecule has 0 saturated heterocycles. The van der Waals surface area contributed by atoms with Crippen LogP contribution < -0.4 is 15.4 Å². The molecule has 11 nitrogen and oxygen atoms in total. The van der Waals surface area contributed by atoms with Crippen LogP contribution in [0.1, 0.15) is 0 Å². The summed E-state index contributed by atoms with van der Waals surface area (Å²) in [6.45, 7) is 0. The van der Waals surface area contributed by atoms with E-state index < -0.39 is 15.5 Å². The minimum Gasteiger partial charge on any atom is -0.457 e. The molecule has 1 aromatic heterocycles. The Labute approximate surface area is 187 Å². The van der Waals surface area contributed by atoms with Gasteiger partial charge < -0.3 is 15.4 Å². The Morgan fingerprint density at radius 2 is 1.33 bits per heavy atom. The number of nitro benzene ring substituents is 1. The van der Waals surface area contributed by atoms with Crippen LogP contribution in [0.15, 0.2) is 85.2 Å². The van der Waals surface area contributed by atoms with Gasteiger partial charge in [-0.2, -0.15) is 0 Å². The summed E-state index contributed by atoms with van der Waals surface area (Å²) in [4.78, 5) is 29.5. The van der Waals surface area contributed by atoms with Crippen LogP contribution in [0.5, 0.6) is 11.5 Å². The second-order valence-corrected chi connectivity index (χ2v) is 6.67. The number of nitrogens with zero attached hydrogens (tertiary/aromatic N) is 4. The molecule has 0 aliphatic carbocycles. The first-order valence-electron chi connectivity index (χ1n) is 9.60. The molecule has 164 valence electrons. The summed E-state index contributed by atoms with van der Waals surface area (Å²) in [5.41, 5.74) is 0.249. The zero-order valence-electron chi connectivity index (χ0n) is 16.9. The van der Waals surface area contributed by atoms with Crippen molar-refractivity contribution in [2.45, 2.75) is 0 Å². The molecule has 33 heavy (non-hydrogen) atoms. The molecule has 0 saturated carbocycles. The lowest BCUT2D eigenvalue weighted by molar-refractivity contribution is -0.384. The Morgan fingerprint density at radius 1 is 0.697 bits per heavy atom. The first-order chi connectivity index (χ1) is 16.0. The second kappa shape index (κ2) is 9.39. The van der Waals surface area contributed by atoms with Gasteiger partial charge in [0.25, 0.3) is 5.69 Å². The average Bonchev–Trinajstić information content (AvgIpc) is 2.81. The van der Waals surface area contributed by atoms with Crippen molar-refractivity contribution in [3.8, 4) is 11.5 Å². The Hall–Kier alpha value is -5.06. The van der Waals surface area contributed by atoms with Crippen molar-refractivity contribution in [3.05, 3.63) is 105 Å². The fourth-order valence-electron chi connectivity index (χ4n) is 2.94. The van der Waals surface area contributed by atoms with Crippen molar-refractivity contribution in [2.24, 2.45) is 0 Å². The molecule has 0 unspecified atom stereocenters. The van der Waals surface area contributed by atoms with E-state index in [1.54, 1.807) is 24.3 Å². The molecule has 0 aliphatic heterocycles. The lowest BCUT2D eigenvalue weighted by Crippen LogP contribution is -2.05. The van der Waals surface area contributed by atoms with Crippen LogP contribution in [0, 0.1) is 20.2 Å². The summed E-state index contributed by atoms with van der Waals surface area (Å²) in [5.74, 6) is 1.13. The third kappa shape index (κ3) is 5.17. The number of para-hydroxylation sites is 1. The monoisotopic (exact) mass is 444 g/mol. The summed E-state index contributed by atoms with van der Waals surface area (Å²) in [6.07, 6.45) is 1.15. The van der Waals surface area contributed by atoms with Crippen LogP contribution in [0.2, 0.25) is 0 Å². The Balaban J connectivity index is 1.56. The molecular formula is C22H16N6O5. The molecule has 0 bridgehead atoms. The van der Waals surface area contributed by atoms with Gasteiger partial charge in [-0.15, -0.1) is 0 Å². The van der Waals surface area contributed by atoms with Crippen LogP contribution in [-0.4, -0.2) is 19.8 Å². The van der Waals surface area contributed by atoms with Crippen molar-refractivity contribution in [3.63, 3.8) is 0 Å². The molecule has 0 amide bonds. The summed E-state index contributed by atoms with van der Waals surface area (Å²) in [6, 6.07) is 21.6.